The Kier molecular flexibility index (Phi) is 12.0. The van der Waals surface area contributed by atoms with Gasteiger partial charge >= 0.3 is 0 Å². The third kappa shape index (κ3) is 7.18. The molecule has 0 aliphatic heterocycles. The van der Waals surface area contributed by atoms with Crippen molar-refractivity contribution in [3.05, 3.63) is 92.6 Å². The Balaban J connectivity index is 0.000000184. The van der Waals surface area contributed by atoms with Crippen molar-refractivity contribution in [1.82, 2.24) is 4.90 Å². The standard InChI is InChI=1S/C31H44O3S.C30H43NO2.CH4/c1-20-21-9-10-24-29(4,22(21)17-23(32)26(20)33)14-16-31(6)25-18-27(2,19-35(7,8)34)11-12-28(25,3)13-15-30(24,31)5;1-19-20-9-10-23-28(4,21(20)17-22(32)25(19)33)14-16-30(6)24-18-27(3,31(7)8)13-11-26(24,2)12-15-29(23,30)5;/h9-10,17,25,33H,7,11-16,18-19H2,1-6,8H3;9-10,17,24,33H,11-16,18H2,1-8H3;1H4/t25-,27-,28-,29+,30-,31+,35?;24-,26-,27-,28+,29-,30+;/m11./s1. The van der Waals surface area contributed by atoms with Gasteiger partial charge in [0.15, 0.2) is 11.5 Å². The molecule has 6 saturated carbocycles. The van der Waals surface area contributed by atoms with Gasteiger partial charge in [0.2, 0.25) is 11.6 Å². The summed E-state index contributed by atoms with van der Waals surface area (Å²) in [4.78, 5) is 27.8. The summed E-state index contributed by atoms with van der Waals surface area (Å²) < 4.78 is 12.8. The second-order valence-electron chi connectivity index (χ2n) is 27.6. The summed E-state index contributed by atoms with van der Waals surface area (Å²) in [5.74, 6) is 5.31. The highest BCUT2D eigenvalue weighted by Crippen LogP contribution is 2.77. The van der Waals surface area contributed by atoms with Crippen LogP contribution >= 0.6 is 0 Å². The molecule has 6 nitrogen and oxygen atoms in total. The molecule has 0 saturated heterocycles. The Morgan fingerprint density at radius 1 is 0.594 bits per heavy atom. The van der Waals surface area contributed by atoms with Gasteiger partial charge in [-0.15, -0.1) is 0 Å². The number of allylic oxidation sites excluding steroid dienone is 14. The maximum Gasteiger partial charge on any atom is 0.220 e. The van der Waals surface area contributed by atoms with Crippen molar-refractivity contribution in [2.75, 3.05) is 26.1 Å². The van der Waals surface area contributed by atoms with Crippen molar-refractivity contribution in [2.24, 2.45) is 60.6 Å². The first kappa shape index (κ1) is 52.2. The number of carbonyl (C=O) groups excluding carboxylic acids is 2. The van der Waals surface area contributed by atoms with Gasteiger partial charge in [0.25, 0.3) is 0 Å². The molecule has 7 heteroatoms. The number of aliphatic hydroxyl groups is 2. The van der Waals surface area contributed by atoms with Crippen LogP contribution in [-0.4, -0.2) is 68.4 Å². The number of hydrogen-bond acceptors (Lipinski definition) is 6. The normalized spacial score (nSPS) is 46.3. The zero-order valence-corrected chi connectivity index (χ0v) is 45.7. The summed E-state index contributed by atoms with van der Waals surface area (Å²) in [5, 5.41) is 20.6. The number of rotatable bonds is 3. The van der Waals surface area contributed by atoms with Crippen LogP contribution in [0.2, 0.25) is 0 Å². The molecular formula is C62H91NO5S. The highest BCUT2D eigenvalue weighted by atomic mass is 32.2. The van der Waals surface area contributed by atoms with E-state index >= 15 is 0 Å². The average Bonchev–Trinajstić information content (AvgIpc) is 3.25. The van der Waals surface area contributed by atoms with Crippen LogP contribution in [0.4, 0.5) is 0 Å². The van der Waals surface area contributed by atoms with Crippen LogP contribution in [0.1, 0.15) is 180 Å². The second kappa shape index (κ2) is 15.9. The summed E-state index contributed by atoms with van der Waals surface area (Å²) in [7, 11) is 2.48. The molecular weight excluding hydrogens is 871 g/mol. The fourth-order valence-electron chi connectivity index (χ4n) is 18.2. The first-order chi connectivity index (χ1) is 31.2. The van der Waals surface area contributed by atoms with Crippen molar-refractivity contribution in [1.29, 1.82) is 0 Å². The minimum absolute atomic E-state index is 0. The molecule has 0 amide bonds. The van der Waals surface area contributed by atoms with E-state index in [1.54, 1.807) is 12.2 Å². The topological polar surface area (TPSA) is 94.9 Å². The first-order valence-electron chi connectivity index (χ1n) is 26.4. The van der Waals surface area contributed by atoms with Crippen LogP contribution in [0.3, 0.4) is 0 Å². The van der Waals surface area contributed by atoms with Gasteiger partial charge in [0.1, 0.15) is 0 Å². The van der Waals surface area contributed by atoms with Gasteiger partial charge in [-0.3, -0.25) is 13.8 Å². The SMILES string of the molecule is C.C=S(C)(=O)C[C@]1(C)CC[C@]2(C)CC[C@]3(C)C4=CC=C5C(=CC(=O)C(O)=C5C)[C@]4(C)CC[C@@]3(C)[C@@H]2C1.CC1=C(O)C(=O)C=C2C1=CC=C1[C@@]2(C)CC[C@@]2(C)[C@@H]3C[C@](C)(N(C)C)CC[C@]3(C)CC[C@]12C. The van der Waals surface area contributed by atoms with E-state index in [1.807, 2.05) is 20.1 Å². The minimum atomic E-state index is -2.04. The average molecular weight is 962 g/mol. The van der Waals surface area contributed by atoms with Gasteiger partial charge in [0, 0.05) is 39.5 Å². The lowest BCUT2D eigenvalue weighted by Gasteiger charge is -2.70. The minimum Gasteiger partial charge on any atom is -0.504 e. The molecule has 10 aliphatic rings. The molecule has 0 heterocycles. The molecule has 0 aromatic carbocycles. The van der Waals surface area contributed by atoms with Crippen LogP contribution in [0.15, 0.2) is 92.6 Å². The molecule has 0 aromatic rings. The molecule has 13 atom stereocenters. The summed E-state index contributed by atoms with van der Waals surface area (Å²) in [6.07, 6.45) is 31.0. The number of fused-ring (bicyclic) bond motifs is 14. The number of aliphatic hydroxyl groups excluding tert-OH is 2. The van der Waals surface area contributed by atoms with Crippen molar-refractivity contribution in [3.63, 3.8) is 0 Å². The lowest BCUT2D eigenvalue weighted by atomic mass is 9.34. The maximum absolute atomic E-state index is 12.8. The van der Waals surface area contributed by atoms with E-state index in [1.165, 1.54) is 68.9 Å². The molecule has 10 aliphatic carbocycles. The van der Waals surface area contributed by atoms with Gasteiger partial charge in [-0.1, -0.05) is 105 Å². The Hall–Kier alpha value is -3.16. The van der Waals surface area contributed by atoms with Gasteiger partial charge < -0.3 is 15.1 Å². The Bertz CT molecular complexity index is 2670. The summed E-state index contributed by atoms with van der Waals surface area (Å²) in [6, 6.07) is 0. The van der Waals surface area contributed by atoms with E-state index in [0.29, 0.717) is 28.2 Å². The predicted molar refractivity (Wildman–Crippen MR) is 289 cm³/mol. The van der Waals surface area contributed by atoms with Gasteiger partial charge in [-0.2, -0.15) is 0 Å². The third-order valence-electron chi connectivity index (χ3n) is 23.5. The van der Waals surface area contributed by atoms with Crippen LogP contribution < -0.4 is 0 Å². The van der Waals surface area contributed by atoms with E-state index in [4.69, 9.17) is 0 Å². The highest BCUT2D eigenvalue weighted by Gasteiger charge is 2.69. The number of carbonyl (C=O) groups is 2. The second-order valence-corrected chi connectivity index (χ2v) is 30.3. The molecule has 380 valence electrons. The smallest absolute Gasteiger partial charge is 0.220 e. The molecule has 69 heavy (non-hydrogen) atoms. The van der Waals surface area contributed by atoms with Crippen molar-refractivity contribution in [2.45, 2.75) is 186 Å². The van der Waals surface area contributed by atoms with Crippen LogP contribution in [-0.2, 0) is 19.1 Å². The first-order valence-corrected chi connectivity index (χ1v) is 28.7. The number of nitrogens with zero attached hydrogens (tertiary/aromatic N) is 1. The number of hydrogen-bond donors (Lipinski definition) is 2. The number of ketones is 2. The van der Waals surface area contributed by atoms with E-state index in [0.717, 1.165) is 65.7 Å². The zero-order valence-electron chi connectivity index (χ0n) is 44.9. The molecule has 0 spiro atoms. The fraction of sp³-hybridized carbons (Fsp3) is 0.694. The monoisotopic (exact) mass is 962 g/mol. The van der Waals surface area contributed by atoms with Crippen LogP contribution in [0.5, 0.6) is 0 Å². The molecule has 2 N–H and O–H groups in total. The Labute approximate surface area is 419 Å². The van der Waals surface area contributed by atoms with Crippen molar-refractivity contribution >= 4 is 27.0 Å². The molecule has 1 unspecified atom stereocenters. The van der Waals surface area contributed by atoms with E-state index < -0.39 is 9.52 Å². The predicted octanol–water partition coefficient (Wildman–Crippen LogP) is 14.5. The fourth-order valence-corrected chi connectivity index (χ4v) is 20.0. The maximum atomic E-state index is 12.8. The molecule has 0 aromatic heterocycles. The van der Waals surface area contributed by atoms with Crippen LogP contribution in [0.25, 0.3) is 0 Å². The molecule has 0 radical (unpaired) electrons. The van der Waals surface area contributed by atoms with E-state index in [-0.39, 0.29) is 74.0 Å². The zero-order chi connectivity index (χ0) is 50.0. The summed E-state index contributed by atoms with van der Waals surface area (Å²) in [6.45, 7) is 28.6. The third-order valence-corrected chi connectivity index (χ3v) is 24.9. The summed E-state index contributed by atoms with van der Waals surface area (Å²) in [5.41, 5.74) is 10.0. The highest BCUT2D eigenvalue weighted by molar-refractivity contribution is 7.99. The van der Waals surface area contributed by atoms with E-state index in [9.17, 15) is 24.0 Å². The molecule has 6 fully saturated rings. The lowest BCUT2D eigenvalue weighted by molar-refractivity contribution is -0.162. The molecule has 0 bridgehead atoms. The van der Waals surface area contributed by atoms with E-state index in [2.05, 4.69) is 118 Å². The van der Waals surface area contributed by atoms with Gasteiger partial charge in [-0.25, -0.2) is 0 Å². The van der Waals surface area contributed by atoms with Crippen molar-refractivity contribution < 1.29 is 24.0 Å². The Morgan fingerprint density at radius 3 is 1.39 bits per heavy atom. The molecule has 10 rings (SSSR count). The van der Waals surface area contributed by atoms with Gasteiger partial charge in [0.05, 0.1) is 0 Å². The summed E-state index contributed by atoms with van der Waals surface area (Å²) >= 11 is 0. The van der Waals surface area contributed by atoms with Crippen LogP contribution in [0, 0.1) is 60.6 Å². The lowest BCUT2D eigenvalue weighted by Crippen LogP contribution is -2.63. The largest absolute Gasteiger partial charge is 0.504 e. The van der Waals surface area contributed by atoms with Gasteiger partial charge in [-0.05, 0) is 224 Å². The van der Waals surface area contributed by atoms with Crippen molar-refractivity contribution in [3.8, 4) is 0 Å². The quantitative estimate of drug-likeness (QED) is 0.274. The Morgan fingerprint density at radius 2 is 0.986 bits per heavy atom.